The van der Waals surface area contributed by atoms with Crippen LogP contribution in [-0.2, 0) is 9.63 Å². The summed E-state index contributed by atoms with van der Waals surface area (Å²) in [6, 6.07) is 13.5. The van der Waals surface area contributed by atoms with Gasteiger partial charge in [-0.05, 0) is 44.2 Å². The first-order valence-corrected chi connectivity index (χ1v) is 8.57. The number of methoxy groups -OCH3 is 1. The van der Waals surface area contributed by atoms with Crippen molar-refractivity contribution in [3.8, 4) is 11.5 Å². The monoisotopic (exact) mass is 392 g/mol. The number of alkyl halides is 2. The van der Waals surface area contributed by atoms with Crippen molar-refractivity contribution in [2.75, 3.05) is 18.6 Å². The first-order valence-electron chi connectivity index (χ1n) is 8.57. The van der Waals surface area contributed by atoms with Gasteiger partial charge in [0, 0.05) is 17.3 Å². The molecule has 0 N–H and O–H groups in total. The molecule has 6 nitrogen and oxygen atoms in total. The van der Waals surface area contributed by atoms with Gasteiger partial charge in [-0.3, -0.25) is 4.79 Å². The van der Waals surface area contributed by atoms with Crippen molar-refractivity contribution in [2.24, 2.45) is 5.16 Å². The second-order valence-corrected chi connectivity index (χ2v) is 5.99. The molecule has 2 aromatic carbocycles. The van der Waals surface area contributed by atoms with E-state index in [2.05, 4.69) is 9.89 Å². The molecule has 0 heterocycles. The smallest absolute Gasteiger partial charge is 0.387 e. The second kappa shape index (κ2) is 10.2. The zero-order valence-electron chi connectivity index (χ0n) is 15.8. The lowest BCUT2D eigenvalue weighted by atomic mass is 10.2. The summed E-state index contributed by atoms with van der Waals surface area (Å²) in [6.45, 7) is 0.622. The third kappa shape index (κ3) is 5.94. The van der Waals surface area contributed by atoms with Crippen molar-refractivity contribution in [2.45, 2.75) is 26.5 Å². The average molecular weight is 392 g/mol. The average Bonchev–Trinajstić information content (AvgIpc) is 2.66. The summed E-state index contributed by atoms with van der Waals surface area (Å²) < 4.78 is 34.1. The standard InChI is InChI=1S/C20H22F2N2O4/c1-14(2)24(16-7-5-4-6-8-16)19(25)13-27-23-12-15-9-10-17(28-20(21)22)18(11-15)26-3/h4-12,14,20H,13H2,1-3H3/b23-12-. The van der Waals surface area contributed by atoms with E-state index in [4.69, 9.17) is 9.57 Å². The molecule has 0 aliphatic heterocycles. The maximum absolute atomic E-state index is 12.5. The Hall–Kier alpha value is -3.16. The Morgan fingerprint density at radius 3 is 2.46 bits per heavy atom. The number of amides is 1. The number of hydrogen-bond acceptors (Lipinski definition) is 5. The Kier molecular flexibility index (Phi) is 7.74. The molecule has 150 valence electrons. The number of hydrogen-bond donors (Lipinski definition) is 0. The van der Waals surface area contributed by atoms with Gasteiger partial charge in [0.2, 0.25) is 0 Å². The highest BCUT2D eigenvalue weighted by molar-refractivity contribution is 5.94. The van der Waals surface area contributed by atoms with Gasteiger partial charge < -0.3 is 19.2 Å². The number of para-hydroxylation sites is 1. The third-order valence-electron chi connectivity index (χ3n) is 3.69. The minimum absolute atomic E-state index is 0.0471. The van der Waals surface area contributed by atoms with E-state index < -0.39 is 6.61 Å². The van der Waals surface area contributed by atoms with E-state index in [9.17, 15) is 13.6 Å². The van der Waals surface area contributed by atoms with Crippen LogP contribution in [0.1, 0.15) is 19.4 Å². The number of anilines is 1. The van der Waals surface area contributed by atoms with E-state index in [1.54, 1.807) is 4.90 Å². The van der Waals surface area contributed by atoms with E-state index in [-0.39, 0.29) is 30.1 Å². The number of rotatable bonds is 9. The molecule has 8 heteroatoms. The van der Waals surface area contributed by atoms with Gasteiger partial charge in [0.05, 0.1) is 13.3 Å². The first kappa shape index (κ1) is 21.1. The molecular weight excluding hydrogens is 370 g/mol. The van der Waals surface area contributed by atoms with Crippen LogP contribution in [0.5, 0.6) is 11.5 Å². The van der Waals surface area contributed by atoms with Crippen molar-refractivity contribution in [3.05, 3.63) is 54.1 Å². The molecule has 0 bridgehead atoms. The van der Waals surface area contributed by atoms with Gasteiger partial charge in [0.15, 0.2) is 18.1 Å². The molecule has 0 aliphatic carbocycles. The van der Waals surface area contributed by atoms with Gasteiger partial charge in [0.1, 0.15) is 0 Å². The van der Waals surface area contributed by atoms with Gasteiger partial charge in [-0.1, -0.05) is 23.4 Å². The highest BCUT2D eigenvalue weighted by atomic mass is 19.3. The van der Waals surface area contributed by atoms with Crippen molar-refractivity contribution in [1.29, 1.82) is 0 Å². The molecule has 0 saturated heterocycles. The van der Waals surface area contributed by atoms with Crippen LogP contribution in [-0.4, -0.2) is 38.5 Å². The predicted octanol–water partition coefficient (Wildman–Crippen LogP) is 4.09. The minimum atomic E-state index is -2.95. The summed E-state index contributed by atoms with van der Waals surface area (Å²) >= 11 is 0. The molecule has 0 saturated carbocycles. The summed E-state index contributed by atoms with van der Waals surface area (Å²) in [7, 11) is 1.34. The lowest BCUT2D eigenvalue weighted by Gasteiger charge is -2.26. The van der Waals surface area contributed by atoms with Crippen molar-refractivity contribution < 1.29 is 27.9 Å². The van der Waals surface area contributed by atoms with Crippen LogP contribution >= 0.6 is 0 Å². The Morgan fingerprint density at radius 1 is 1.14 bits per heavy atom. The molecule has 2 rings (SSSR count). The Bertz CT molecular complexity index is 798. The number of carbonyl (C=O) groups excluding carboxylic acids is 1. The lowest BCUT2D eigenvalue weighted by Crippen LogP contribution is -2.39. The molecule has 0 radical (unpaired) electrons. The fraction of sp³-hybridized carbons (Fsp3) is 0.300. The van der Waals surface area contributed by atoms with Gasteiger partial charge in [-0.15, -0.1) is 0 Å². The Balaban J connectivity index is 1.98. The molecule has 0 aromatic heterocycles. The fourth-order valence-electron chi connectivity index (χ4n) is 2.54. The summed E-state index contributed by atoms with van der Waals surface area (Å²) in [5, 5.41) is 3.77. The molecule has 0 unspecified atom stereocenters. The topological polar surface area (TPSA) is 60.4 Å². The van der Waals surface area contributed by atoms with Crippen molar-refractivity contribution in [3.63, 3.8) is 0 Å². The van der Waals surface area contributed by atoms with Crippen LogP contribution in [0.4, 0.5) is 14.5 Å². The number of nitrogens with zero attached hydrogens (tertiary/aromatic N) is 2. The Labute approximate surface area is 162 Å². The van der Waals surface area contributed by atoms with E-state index in [0.29, 0.717) is 5.56 Å². The number of halogens is 2. The van der Waals surface area contributed by atoms with Crippen LogP contribution in [0, 0.1) is 0 Å². The van der Waals surface area contributed by atoms with Crippen LogP contribution < -0.4 is 14.4 Å². The first-order chi connectivity index (χ1) is 13.4. The van der Waals surface area contributed by atoms with Gasteiger partial charge in [0.25, 0.3) is 5.91 Å². The fourth-order valence-corrected chi connectivity index (χ4v) is 2.54. The lowest BCUT2D eigenvalue weighted by molar-refractivity contribution is -0.123. The molecule has 1 amide bonds. The maximum atomic E-state index is 12.5. The minimum Gasteiger partial charge on any atom is -0.493 e. The molecule has 0 fully saturated rings. The number of benzene rings is 2. The summed E-state index contributed by atoms with van der Waals surface area (Å²) in [6.07, 6.45) is 1.35. The van der Waals surface area contributed by atoms with Crippen LogP contribution in [0.2, 0.25) is 0 Å². The Morgan fingerprint density at radius 2 is 1.86 bits per heavy atom. The van der Waals surface area contributed by atoms with Gasteiger partial charge in [-0.2, -0.15) is 8.78 Å². The van der Waals surface area contributed by atoms with E-state index >= 15 is 0 Å². The number of oxime groups is 1. The normalized spacial score (nSPS) is 11.1. The predicted molar refractivity (Wildman–Crippen MR) is 102 cm³/mol. The van der Waals surface area contributed by atoms with E-state index in [1.807, 2.05) is 44.2 Å². The molecule has 2 aromatic rings. The summed E-state index contributed by atoms with van der Waals surface area (Å²) in [5.74, 6) is -0.187. The zero-order chi connectivity index (χ0) is 20.5. The van der Waals surface area contributed by atoms with Crippen LogP contribution in [0.25, 0.3) is 0 Å². The van der Waals surface area contributed by atoms with Crippen molar-refractivity contribution >= 4 is 17.8 Å². The zero-order valence-corrected chi connectivity index (χ0v) is 15.8. The molecule has 0 atom stereocenters. The van der Waals surface area contributed by atoms with E-state index in [0.717, 1.165) is 5.69 Å². The maximum Gasteiger partial charge on any atom is 0.387 e. The third-order valence-corrected chi connectivity index (χ3v) is 3.69. The van der Waals surface area contributed by atoms with Gasteiger partial charge in [-0.25, -0.2) is 0 Å². The highest BCUT2D eigenvalue weighted by Gasteiger charge is 2.19. The van der Waals surface area contributed by atoms with Crippen molar-refractivity contribution in [1.82, 2.24) is 0 Å². The second-order valence-electron chi connectivity index (χ2n) is 5.99. The molecule has 0 spiro atoms. The molecular formula is C20H22F2N2O4. The van der Waals surface area contributed by atoms with E-state index in [1.165, 1.54) is 31.5 Å². The number of ether oxygens (including phenoxy) is 2. The summed E-state index contributed by atoms with van der Waals surface area (Å²) in [5.41, 5.74) is 1.31. The van der Waals surface area contributed by atoms with Crippen LogP contribution in [0.15, 0.2) is 53.7 Å². The summed E-state index contributed by atoms with van der Waals surface area (Å²) in [4.78, 5) is 19.2. The van der Waals surface area contributed by atoms with Gasteiger partial charge >= 0.3 is 6.61 Å². The highest BCUT2D eigenvalue weighted by Crippen LogP contribution is 2.28. The molecule has 28 heavy (non-hydrogen) atoms. The largest absolute Gasteiger partial charge is 0.493 e. The van der Waals surface area contributed by atoms with Crippen LogP contribution in [0.3, 0.4) is 0 Å². The molecule has 0 aliphatic rings. The number of carbonyl (C=O) groups is 1. The SMILES string of the molecule is COc1cc(/C=N\OCC(=O)N(c2ccccc2)C(C)C)ccc1OC(F)F. The quantitative estimate of drug-likeness (QED) is 0.476.